The van der Waals surface area contributed by atoms with E-state index in [1.807, 2.05) is 25.1 Å². The third-order valence-corrected chi connectivity index (χ3v) is 4.02. The number of rotatable bonds is 7. The highest BCUT2D eigenvalue weighted by Gasteiger charge is 2.26. The maximum Gasteiger partial charge on any atom is 0.238 e. The van der Waals surface area contributed by atoms with Crippen molar-refractivity contribution < 1.29 is 9.90 Å². The maximum atomic E-state index is 12.2. The van der Waals surface area contributed by atoms with Crippen molar-refractivity contribution in [3.05, 3.63) is 23.8 Å². The molecule has 0 aliphatic heterocycles. The summed E-state index contributed by atoms with van der Waals surface area (Å²) in [7, 11) is 0. The van der Waals surface area contributed by atoms with Crippen LogP contribution in [0.5, 0.6) is 0 Å². The first-order chi connectivity index (χ1) is 10.1. The van der Waals surface area contributed by atoms with Crippen molar-refractivity contribution in [2.24, 2.45) is 0 Å². The Bertz CT molecular complexity index is 486. The molecular weight excluding hydrogens is 266 g/mol. The Balaban J connectivity index is 1.91. The Morgan fingerprint density at radius 3 is 2.81 bits per heavy atom. The molecule has 0 radical (unpaired) electrons. The second-order valence-electron chi connectivity index (χ2n) is 5.77. The minimum Gasteiger partial charge on any atom is -0.397 e. The number of aryl methyl sites for hydroxylation is 1. The highest BCUT2D eigenvalue weighted by Crippen LogP contribution is 2.25. The number of aliphatic hydroxyl groups excluding tert-OH is 1. The summed E-state index contributed by atoms with van der Waals surface area (Å²) in [5.74, 6) is -0.0459. The number of hydrogen-bond acceptors (Lipinski definition) is 4. The first kappa shape index (κ1) is 15.8. The van der Waals surface area contributed by atoms with E-state index < -0.39 is 0 Å². The van der Waals surface area contributed by atoms with Crippen molar-refractivity contribution in [3.8, 4) is 0 Å². The first-order valence-electron chi connectivity index (χ1n) is 7.61. The topological polar surface area (TPSA) is 78.6 Å². The van der Waals surface area contributed by atoms with Gasteiger partial charge in [-0.05, 0) is 43.9 Å². The number of nitrogen functional groups attached to an aromatic ring is 1. The molecule has 21 heavy (non-hydrogen) atoms. The second kappa shape index (κ2) is 7.43. The number of nitrogens with two attached hydrogens (primary N) is 1. The van der Waals surface area contributed by atoms with E-state index in [9.17, 15) is 4.79 Å². The average molecular weight is 291 g/mol. The highest BCUT2D eigenvalue weighted by atomic mass is 16.3. The van der Waals surface area contributed by atoms with Gasteiger partial charge in [0.1, 0.15) is 0 Å². The summed E-state index contributed by atoms with van der Waals surface area (Å²) in [5.41, 5.74) is 8.25. The Kier molecular flexibility index (Phi) is 5.59. The van der Waals surface area contributed by atoms with Crippen LogP contribution in [0.2, 0.25) is 0 Å². The summed E-state index contributed by atoms with van der Waals surface area (Å²) in [6.45, 7) is 3.25. The van der Waals surface area contributed by atoms with Crippen LogP contribution in [0, 0.1) is 6.92 Å². The van der Waals surface area contributed by atoms with E-state index in [-0.39, 0.29) is 12.5 Å². The minimum atomic E-state index is -0.0459. The molecule has 0 spiro atoms. The van der Waals surface area contributed by atoms with E-state index >= 15 is 0 Å². The SMILES string of the molecule is Cc1ccc(NC(=O)CN(CCCO)C2CCC2)c(N)c1. The molecule has 2 rings (SSSR count). The van der Waals surface area contributed by atoms with Gasteiger partial charge >= 0.3 is 0 Å². The van der Waals surface area contributed by atoms with E-state index in [0.717, 1.165) is 24.9 Å². The molecule has 0 bridgehead atoms. The lowest BCUT2D eigenvalue weighted by molar-refractivity contribution is -0.118. The fraction of sp³-hybridized carbons (Fsp3) is 0.562. The van der Waals surface area contributed by atoms with Gasteiger partial charge in [-0.15, -0.1) is 0 Å². The van der Waals surface area contributed by atoms with Gasteiger partial charge in [0.25, 0.3) is 0 Å². The Labute approximate surface area is 126 Å². The molecule has 1 aromatic carbocycles. The van der Waals surface area contributed by atoms with Crippen LogP contribution in [0.3, 0.4) is 0 Å². The molecule has 1 fully saturated rings. The summed E-state index contributed by atoms with van der Waals surface area (Å²) in [6.07, 6.45) is 4.22. The number of carbonyl (C=O) groups is 1. The van der Waals surface area contributed by atoms with Gasteiger partial charge < -0.3 is 16.2 Å². The lowest BCUT2D eigenvalue weighted by Gasteiger charge is -2.37. The predicted molar refractivity (Wildman–Crippen MR) is 85.1 cm³/mol. The smallest absolute Gasteiger partial charge is 0.238 e. The van der Waals surface area contributed by atoms with Gasteiger partial charge in [0.05, 0.1) is 17.9 Å². The number of hydrogen-bond donors (Lipinski definition) is 3. The summed E-state index contributed by atoms with van der Waals surface area (Å²) in [5, 5.41) is 11.9. The van der Waals surface area contributed by atoms with Gasteiger partial charge in [0, 0.05) is 19.2 Å². The standard InChI is InChI=1S/C16H25N3O2/c1-12-6-7-15(14(17)10-12)18-16(21)11-19(8-3-9-20)13-4-2-5-13/h6-7,10,13,20H,2-5,8-9,11,17H2,1H3,(H,18,21). The van der Waals surface area contributed by atoms with E-state index in [2.05, 4.69) is 10.2 Å². The van der Waals surface area contributed by atoms with Crippen molar-refractivity contribution in [3.63, 3.8) is 0 Å². The maximum absolute atomic E-state index is 12.2. The molecule has 0 saturated heterocycles. The van der Waals surface area contributed by atoms with Crippen molar-refractivity contribution in [1.82, 2.24) is 4.90 Å². The van der Waals surface area contributed by atoms with Crippen LogP contribution in [0.1, 0.15) is 31.2 Å². The predicted octanol–water partition coefficient (Wildman–Crippen LogP) is 1.75. The summed E-state index contributed by atoms with van der Waals surface area (Å²) >= 11 is 0. The fourth-order valence-electron chi connectivity index (χ4n) is 2.59. The Morgan fingerprint density at radius 2 is 2.24 bits per heavy atom. The molecular formula is C16H25N3O2. The Hall–Kier alpha value is -1.59. The molecule has 1 saturated carbocycles. The molecule has 0 heterocycles. The number of nitrogens with zero attached hydrogens (tertiary/aromatic N) is 1. The number of benzene rings is 1. The van der Waals surface area contributed by atoms with Crippen LogP contribution in [0.25, 0.3) is 0 Å². The van der Waals surface area contributed by atoms with E-state index in [1.165, 1.54) is 6.42 Å². The second-order valence-corrected chi connectivity index (χ2v) is 5.77. The number of nitrogens with one attached hydrogen (secondary N) is 1. The third-order valence-electron chi connectivity index (χ3n) is 4.02. The van der Waals surface area contributed by atoms with Crippen molar-refractivity contribution >= 4 is 17.3 Å². The summed E-state index contributed by atoms with van der Waals surface area (Å²) in [6, 6.07) is 6.11. The van der Waals surface area contributed by atoms with Crippen LogP contribution < -0.4 is 11.1 Å². The van der Waals surface area contributed by atoms with Crippen LogP contribution in [0.15, 0.2) is 18.2 Å². The largest absolute Gasteiger partial charge is 0.397 e. The quantitative estimate of drug-likeness (QED) is 0.669. The fourth-order valence-corrected chi connectivity index (χ4v) is 2.59. The van der Waals surface area contributed by atoms with Crippen LogP contribution in [-0.4, -0.2) is 41.7 Å². The Morgan fingerprint density at radius 1 is 1.48 bits per heavy atom. The van der Waals surface area contributed by atoms with Gasteiger partial charge in [-0.3, -0.25) is 9.69 Å². The average Bonchev–Trinajstić information content (AvgIpc) is 2.37. The zero-order chi connectivity index (χ0) is 15.2. The zero-order valence-corrected chi connectivity index (χ0v) is 12.6. The number of amides is 1. The van der Waals surface area contributed by atoms with Crippen LogP contribution >= 0.6 is 0 Å². The molecule has 0 atom stereocenters. The van der Waals surface area contributed by atoms with Crippen molar-refractivity contribution in [2.75, 3.05) is 30.7 Å². The summed E-state index contributed by atoms with van der Waals surface area (Å²) in [4.78, 5) is 14.4. The highest BCUT2D eigenvalue weighted by molar-refractivity contribution is 5.95. The normalized spacial score (nSPS) is 15.0. The van der Waals surface area contributed by atoms with E-state index in [1.54, 1.807) is 0 Å². The van der Waals surface area contributed by atoms with E-state index in [0.29, 0.717) is 30.4 Å². The number of aliphatic hydroxyl groups is 1. The number of carbonyl (C=O) groups excluding carboxylic acids is 1. The molecule has 5 nitrogen and oxygen atoms in total. The molecule has 1 amide bonds. The van der Waals surface area contributed by atoms with Crippen molar-refractivity contribution in [1.29, 1.82) is 0 Å². The molecule has 0 aromatic heterocycles. The van der Waals surface area contributed by atoms with Gasteiger partial charge in [0.2, 0.25) is 5.91 Å². The molecule has 0 unspecified atom stereocenters. The van der Waals surface area contributed by atoms with Crippen molar-refractivity contribution in [2.45, 2.75) is 38.6 Å². The minimum absolute atomic E-state index is 0.0459. The van der Waals surface area contributed by atoms with Gasteiger partial charge in [-0.1, -0.05) is 12.5 Å². The van der Waals surface area contributed by atoms with Crippen LogP contribution in [-0.2, 0) is 4.79 Å². The molecule has 4 N–H and O–H groups in total. The third kappa shape index (κ3) is 4.44. The van der Waals surface area contributed by atoms with Gasteiger partial charge in [0.15, 0.2) is 0 Å². The van der Waals surface area contributed by atoms with Gasteiger partial charge in [-0.2, -0.15) is 0 Å². The first-order valence-corrected chi connectivity index (χ1v) is 7.61. The molecule has 1 aliphatic carbocycles. The molecule has 5 heteroatoms. The summed E-state index contributed by atoms with van der Waals surface area (Å²) < 4.78 is 0. The monoisotopic (exact) mass is 291 g/mol. The lowest BCUT2D eigenvalue weighted by Crippen LogP contribution is -2.45. The van der Waals surface area contributed by atoms with Crippen LogP contribution in [0.4, 0.5) is 11.4 Å². The zero-order valence-electron chi connectivity index (χ0n) is 12.6. The van der Waals surface area contributed by atoms with Gasteiger partial charge in [-0.25, -0.2) is 0 Å². The van der Waals surface area contributed by atoms with E-state index in [4.69, 9.17) is 10.8 Å². The lowest BCUT2D eigenvalue weighted by atomic mass is 9.91. The molecule has 116 valence electrons. The molecule has 1 aliphatic rings. The molecule has 1 aromatic rings. The number of anilines is 2.